The minimum Gasteiger partial charge on any atom is -0.379 e. The van der Waals surface area contributed by atoms with Crippen LogP contribution < -0.4 is 5.43 Å². The second-order valence-electron chi connectivity index (χ2n) is 6.40. The van der Waals surface area contributed by atoms with Gasteiger partial charge in [-0.05, 0) is 25.1 Å². The number of benzene rings is 1. The molecule has 0 aliphatic carbocycles. The molecular weight excluding hydrogens is 325 g/mol. The molecule has 1 amide bonds. The van der Waals surface area contributed by atoms with Crippen LogP contribution in [-0.2, 0) is 4.74 Å². The molecule has 1 aliphatic rings. The van der Waals surface area contributed by atoms with Gasteiger partial charge in [0.05, 0.1) is 13.2 Å². The molecule has 1 aromatic heterocycles. The van der Waals surface area contributed by atoms with Gasteiger partial charge < -0.3 is 14.6 Å². The summed E-state index contributed by atoms with van der Waals surface area (Å²) in [4.78, 5) is 31.9. The first-order valence-electron chi connectivity index (χ1n) is 8.35. The van der Waals surface area contributed by atoms with Crippen molar-refractivity contribution in [1.82, 2.24) is 14.8 Å². The molecule has 0 saturated carbocycles. The van der Waals surface area contributed by atoms with E-state index in [0.717, 1.165) is 19.2 Å². The van der Waals surface area contributed by atoms with Crippen molar-refractivity contribution in [3.05, 3.63) is 46.0 Å². The SMILES string of the molecule is CC(CN(C)C(=O)c1c[nH]c2ccc(F)cc2c1=O)N1CCOCC1. The minimum absolute atomic E-state index is 0.0229. The summed E-state index contributed by atoms with van der Waals surface area (Å²) in [7, 11) is 1.68. The molecule has 25 heavy (non-hydrogen) atoms. The molecular formula is C18H22FN3O3. The Hall–Kier alpha value is -2.25. The Morgan fingerprint density at radius 1 is 1.40 bits per heavy atom. The molecule has 1 N–H and O–H groups in total. The number of halogens is 1. The number of carbonyl (C=O) groups is 1. The van der Waals surface area contributed by atoms with Crippen molar-refractivity contribution in [3.63, 3.8) is 0 Å². The lowest BCUT2D eigenvalue weighted by Crippen LogP contribution is -2.48. The molecule has 1 saturated heterocycles. The Labute approximate surface area is 145 Å². The van der Waals surface area contributed by atoms with Crippen LogP contribution >= 0.6 is 0 Å². The number of H-pyrrole nitrogens is 1. The van der Waals surface area contributed by atoms with Crippen LogP contribution in [0, 0.1) is 5.82 Å². The topological polar surface area (TPSA) is 65.6 Å². The summed E-state index contributed by atoms with van der Waals surface area (Å²) in [6.45, 7) is 5.60. The molecule has 134 valence electrons. The number of ether oxygens (including phenoxy) is 1. The molecule has 1 unspecified atom stereocenters. The average molecular weight is 347 g/mol. The number of pyridine rings is 1. The number of morpholine rings is 1. The molecule has 3 rings (SSSR count). The van der Waals surface area contributed by atoms with E-state index in [1.54, 1.807) is 7.05 Å². The first-order chi connectivity index (χ1) is 12.0. The van der Waals surface area contributed by atoms with E-state index in [9.17, 15) is 14.0 Å². The van der Waals surface area contributed by atoms with Crippen LogP contribution in [0.4, 0.5) is 4.39 Å². The van der Waals surface area contributed by atoms with Crippen molar-refractivity contribution in [3.8, 4) is 0 Å². The van der Waals surface area contributed by atoms with E-state index in [-0.39, 0.29) is 22.9 Å². The zero-order chi connectivity index (χ0) is 18.0. The van der Waals surface area contributed by atoms with Gasteiger partial charge >= 0.3 is 0 Å². The van der Waals surface area contributed by atoms with Crippen LogP contribution in [0.2, 0.25) is 0 Å². The van der Waals surface area contributed by atoms with Crippen molar-refractivity contribution in [2.45, 2.75) is 13.0 Å². The van der Waals surface area contributed by atoms with Crippen molar-refractivity contribution in [1.29, 1.82) is 0 Å². The Kier molecular flexibility index (Phi) is 5.15. The number of fused-ring (bicyclic) bond motifs is 1. The summed E-state index contributed by atoms with van der Waals surface area (Å²) >= 11 is 0. The van der Waals surface area contributed by atoms with Gasteiger partial charge in [0, 0.05) is 49.8 Å². The average Bonchev–Trinajstić information content (AvgIpc) is 2.62. The molecule has 2 aromatic rings. The quantitative estimate of drug-likeness (QED) is 0.909. The normalized spacial score (nSPS) is 16.8. The predicted octanol–water partition coefficient (Wildman–Crippen LogP) is 1.46. The number of hydrogen-bond donors (Lipinski definition) is 1. The Bertz CT molecular complexity index is 830. The molecule has 7 heteroatoms. The highest BCUT2D eigenvalue weighted by atomic mass is 19.1. The van der Waals surface area contributed by atoms with Gasteiger partial charge in [-0.1, -0.05) is 0 Å². The van der Waals surface area contributed by atoms with Crippen LogP contribution in [0.25, 0.3) is 10.9 Å². The number of aromatic nitrogens is 1. The molecule has 0 bridgehead atoms. The first-order valence-corrected chi connectivity index (χ1v) is 8.35. The van der Waals surface area contributed by atoms with E-state index in [1.165, 1.54) is 23.2 Å². The van der Waals surface area contributed by atoms with Crippen LogP contribution in [-0.4, -0.2) is 66.6 Å². The largest absolute Gasteiger partial charge is 0.379 e. The van der Waals surface area contributed by atoms with Gasteiger partial charge in [0.25, 0.3) is 5.91 Å². The van der Waals surface area contributed by atoms with Gasteiger partial charge in [0.1, 0.15) is 11.4 Å². The molecule has 6 nitrogen and oxygen atoms in total. The Morgan fingerprint density at radius 2 is 2.12 bits per heavy atom. The predicted molar refractivity (Wildman–Crippen MR) is 93.3 cm³/mol. The molecule has 2 heterocycles. The van der Waals surface area contributed by atoms with Crippen LogP contribution in [0.5, 0.6) is 0 Å². The molecule has 1 atom stereocenters. The maximum Gasteiger partial charge on any atom is 0.259 e. The summed E-state index contributed by atoms with van der Waals surface area (Å²) < 4.78 is 18.8. The third kappa shape index (κ3) is 3.72. The van der Waals surface area contributed by atoms with Crippen molar-refractivity contribution >= 4 is 16.8 Å². The van der Waals surface area contributed by atoms with Crippen LogP contribution in [0.1, 0.15) is 17.3 Å². The lowest BCUT2D eigenvalue weighted by atomic mass is 10.1. The standard InChI is InChI=1S/C18H22FN3O3/c1-12(22-5-7-25-8-6-22)11-21(2)18(24)15-10-20-16-4-3-13(19)9-14(16)17(15)23/h3-4,9-10,12H,5-8,11H2,1-2H3,(H,20,23). The first kappa shape index (κ1) is 17.6. The molecule has 1 aromatic carbocycles. The lowest BCUT2D eigenvalue weighted by molar-refractivity contribution is 0.0142. The summed E-state index contributed by atoms with van der Waals surface area (Å²) in [5.41, 5.74) is 0.0752. The number of nitrogens with zero attached hydrogens (tertiary/aromatic N) is 2. The highest BCUT2D eigenvalue weighted by Gasteiger charge is 2.22. The van der Waals surface area contributed by atoms with Crippen molar-refractivity contribution in [2.24, 2.45) is 0 Å². The van der Waals surface area contributed by atoms with E-state index in [0.29, 0.717) is 25.3 Å². The summed E-state index contributed by atoms with van der Waals surface area (Å²) in [6.07, 6.45) is 1.40. The smallest absolute Gasteiger partial charge is 0.259 e. The van der Waals surface area contributed by atoms with E-state index in [2.05, 4.69) is 16.8 Å². The summed E-state index contributed by atoms with van der Waals surface area (Å²) in [5, 5.41) is 0.181. The fourth-order valence-corrected chi connectivity index (χ4v) is 3.17. The van der Waals surface area contributed by atoms with E-state index < -0.39 is 11.2 Å². The Balaban J connectivity index is 1.78. The van der Waals surface area contributed by atoms with E-state index >= 15 is 0 Å². The second kappa shape index (κ2) is 7.33. The number of nitrogens with one attached hydrogen (secondary N) is 1. The third-order valence-electron chi connectivity index (χ3n) is 4.63. The minimum atomic E-state index is -0.503. The number of rotatable bonds is 4. The Morgan fingerprint density at radius 3 is 2.84 bits per heavy atom. The molecule has 0 radical (unpaired) electrons. The highest BCUT2D eigenvalue weighted by Crippen LogP contribution is 2.12. The zero-order valence-electron chi connectivity index (χ0n) is 14.4. The van der Waals surface area contributed by atoms with Crippen molar-refractivity contribution < 1.29 is 13.9 Å². The van der Waals surface area contributed by atoms with E-state index in [1.807, 2.05) is 0 Å². The monoisotopic (exact) mass is 347 g/mol. The fourth-order valence-electron chi connectivity index (χ4n) is 3.17. The van der Waals surface area contributed by atoms with E-state index in [4.69, 9.17) is 4.74 Å². The van der Waals surface area contributed by atoms with Gasteiger partial charge in [-0.15, -0.1) is 0 Å². The number of likely N-dealkylation sites (N-methyl/N-ethyl adjacent to an activating group) is 1. The number of aromatic amines is 1. The molecule has 1 aliphatic heterocycles. The number of hydrogen-bond acceptors (Lipinski definition) is 4. The maximum absolute atomic E-state index is 13.4. The lowest BCUT2D eigenvalue weighted by Gasteiger charge is -2.34. The fraction of sp³-hybridized carbons (Fsp3) is 0.444. The molecule has 1 fully saturated rings. The van der Waals surface area contributed by atoms with Gasteiger partial charge in [0.2, 0.25) is 5.43 Å². The third-order valence-corrected chi connectivity index (χ3v) is 4.63. The molecule has 0 spiro atoms. The second-order valence-corrected chi connectivity index (χ2v) is 6.40. The highest BCUT2D eigenvalue weighted by molar-refractivity contribution is 5.97. The van der Waals surface area contributed by atoms with Gasteiger partial charge in [-0.3, -0.25) is 14.5 Å². The maximum atomic E-state index is 13.4. The van der Waals surface area contributed by atoms with Crippen molar-refractivity contribution in [2.75, 3.05) is 39.9 Å². The summed E-state index contributed by atoms with van der Waals surface area (Å²) in [6, 6.07) is 4.08. The van der Waals surface area contributed by atoms with Gasteiger partial charge in [-0.25, -0.2) is 4.39 Å². The zero-order valence-corrected chi connectivity index (χ0v) is 14.4. The summed E-state index contributed by atoms with van der Waals surface area (Å²) in [5.74, 6) is -0.871. The van der Waals surface area contributed by atoms with Gasteiger partial charge in [0.15, 0.2) is 0 Å². The van der Waals surface area contributed by atoms with Crippen LogP contribution in [0.3, 0.4) is 0 Å². The number of amides is 1. The number of carbonyl (C=O) groups excluding carboxylic acids is 1. The van der Waals surface area contributed by atoms with Gasteiger partial charge in [-0.2, -0.15) is 0 Å². The van der Waals surface area contributed by atoms with Crippen LogP contribution in [0.15, 0.2) is 29.2 Å².